The first-order valence-electron chi connectivity index (χ1n) is 6.15. The highest BCUT2D eigenvalue weighted by Gasteiger charge is 2.06. The summed E-state index contributed by atoms with van der Waals surface area (Å²) in [5.41, 5.74) is 2.05. The minimum atomic E-state index is -0.225. The molecule has 1 N–H and O–H groups in total. The molecule has 0 saturated carbocycles. The predicted octanol–water partition coefficient (Wildman–Crippen LogP) is 2.52. The Kier molecular flexibility index (Phi) is 3.24. The summed E-state index contributed by atoms with van der Waals surface area (Å²) in [6.45, 7) is 0. The van der Waals surface area contributed by atoms with Crippen LogP contribution < -0.4 is 5.32 Å². The molecule has 0 aliphatic carbocycles. The highest BCUT2D eigenvalue weighted by Crippen LogP contribution is 2.13. The molecule has 0 bridgehead atoms. The van der Waals surface area contributed by atoms with Crippen molar-refractivity contribution in [3.63, 3.8) is 0 Å². The van der Waals surface area contributed by atoms with E-state index < -0.39 is 0 Å². The molecule has 0 fully saturated rings. The molecular formula is C15H12N4O. The number of hydrogen-bond acceptors (Lipinski definition) is 3. The number of aromatic nitrogens is 3. The number of benzene rings is 1. The molecule has 2 heterocycles. The number of amides is 1. The van der Waals surface area contributed by atoms with Crippen LogP contribution >= 0.6 is 0 Å². The first kappa shape index (κ1) is 12.1. The Morgan fingerprint density at radius 2 is 1.85 bits per heavy atom. The van der Waals surface area contributed by atoms with E-state index in [-0.39, 0.29) is 5.91 Å². The molecule has 3 rings (SSSR count). The molecule has 0 radical (unpaired) electrons. The number of nitrogens with zero attached hydrogens (tertiary/aromatic N) is 3. The normalized spacial score (nSPS) is 10.2. The van der Waals surface area contributed by atoms with Crippen molar-refractivity contribution >= 4 is 11.6 Å². The molecule has 2 aromatic heterocycles. The van der Waals surface area contributed by atoms with Crippen molar-refractivity contribution in [3.8, 4) is 5.69 Å². The zero-order chi connectivity index (χ0) is 13.8. The summed E-state index contributed by atoms with van der Waals surface area (Å²) >= 11 is 0. The second-order valence-corrected chi connectivity index (χ2v) is 4.17. The van der Waals surface area contributed by atoms with Gasteiger partial charge in [-0.15, -0.1) is 0 Å². The van der Waals surface area contributed by atoms with Gasteiger partial charge in [-0.25, -0.2) is 4.68 Å². The summed E-state index contributed by atoms with van der Waals surface area (Å²) in [6.07, 6.45) is 5.17. The molecule has 0 spiro atoms. The highest BCUT2D eigenvalue weighted by atomic mass is 16.1. The minimum Gasteiger partial charge on any atom is -0.321 e. The van der Waals surface area contributed by atoms with Gasteiger partial charge in [0.15, 0.2) is 0 Å². The van der Waals surface area contributed by atoms with Crippen LogP contribution in [0.15, 0.2) is 67.1 Å². The smallest absolute Gasteiger partial charge is 0.274 e. The Hall–Kier alpha value is -2.95. The van der Waals surface area contributed by atoms with Gasteiger partial charge < -0.3 is 5.32 Å². The quantitative estimate of drug-likeness (QED) is 0.790. The molecule has 98 valence electrons. The average Bonchev–Trinajstić information content (AvgIpc) is 3.03. The fraction of sp³-hybridized carbons (Fsp3) is 0. The molecule has 5 heteroatoms. The van der Waals surface area contributed by atoms with Crippen LogP contribution in [-0.2, 0) is 0 Å². The van der Waals surface area contributed by atoms with Gasteiger partial charge in [0.1, 0.15) is 5.69 Å². The molecule has 1 amide bonds. The van der Waals surface area contributed by atoms with Crippen molar-refractivity contribution in [3.05, 3.63) is 72.8 Å². The van der Waals surface area contributed by atoms with Crippen LogP contribution in [0, 0.1) is 0 Å². The standard InChI is InChI=1S/C15H12N4O/c20-15(14-4-1-2-9-16-14)18-12-5-7-13(8-6-12)19-11-3-10-17-19/h1-11H,(H,18,20). The largest absolute Gasteiger partial charge is 0.321 e. The second-order valence-electron chi connectivity index (χ2n) is 4.17. The third-order valence-corrected chi connectivity index (χ3v) is 2.79. The average molecular weight is 264 g/mol. The number of pyridine rings is 1. The van der Waals surface area contributed by atoms with Crippen LogP contribution in [0.1, 0.15) is 10.5 Å². The second kappa shape index (κ2) is 5.36. The number of anilines is 1. The summed E-state index contributed by atoms with van der Waals surface area (Å²) in [4.78, 5) is 15.9. The maximum absolute atomic E-state index is 11.9. The molecule has 20 heavy (non-hydrogen) atoms. The van der Waals surface area contributed by atoms with Crippen molar-refractivity contribution in [2.24, 2.45) is 0 Å². The van der Waals surface area contributed by atoms with Gasteiger partial charge in [0.25, 0.3) is 5.91 Å². The molecule has 0 aliphatic rings. The van der Waals surface area contributed by atoms with Gasteiger partial charge >= 0.3 is 0 Å². The van der Waals surface area contributed by atoms with Crippen molar-refractivity contribution in [1.29, 1.82) is 0 Å². The number of rotatable bonds is 3. The van der Waals surface area contributed by atoms with E-state index in [1.807, 2.05) is 36.5 Å². The lowest BCUT2D eigenvalue weighted by Gasteiger charge is -2.06. The number of nitrogens with one attached hydrogen (secondary N) is 1. The zero-order valence-corrected chi connectivity index (χ0v) is 10.6. The Bertz CT molecular complexity index is 691. The Morgan fingerprint density at radius 3 is 2.50 bits per heavy atom. The lowest BCUT2D eigenvalue weighted by Crippen LogP contribution is -2.13. The van der Waals surface area contributed by atoms with Crippen LogP contribution in [0.2, 0.25) is 0 Å². The van der Waals surface area contributed by atoms with E-state index in [4.69, 9.17) is 0 Å². The zero-order valence-electron chi connectivity index (χ0n) is 10.6. The van der Waals surface area contributed by atoms with Gasteiger partial charge in [-0.05, 0) is 42.5 Å². The van der Waals surface area contributed by atoms with Gasteiger partial charge in [0.2, 0.25) is 0 Å². The molecule has 0 saturated heterocycles. The lowest BCUT2D eigenvalue weighted by molar-refractivity contribution is 0.102. The van der Waals surface area contributed by atoms with Gasteiger partial charge in [-0.3, -0.25) is 9.78 Å². The van der Waals surface area contributed by atoms with Gasteiger partial charge in [0.05, 0.1) is 5.69 Å². The Balaban J connectivity index is 1.74. The summed E-state index contributed by atoms with van der Waals surface area (Å²) in [6, 6.07) is 14.5. The third-order valence-electron chi connectivity index (χ3n) is 2.79. The fourth-order valence-electron chi connectivity index (χ4n) is 1.81. The van der Waals surface area contributed by atoms with Gasteiger partial charge in [-0.2, -0.15) is 5.10 Å². The summed E-state index contributed by atoms with van der Waals surface area (Å²) in [5, 5.41) is 6.94. The first-order chi connectivity index (χ1) is 9.83. The van der Waals surface area contributed by atoms with Crippen LogP contribution in [0.25, 0.3) is 5.69 Å². The number of carbonyl (C=O) groups is 1. The van der Waals surface area contributed by atoms with E-state index >= 15 is 0 Å². The van der Waals surface area contributed by atoms with Crippen molar-refractivity contribution in [2.75, 3.05) is 5.32 Å². The van der Waals surface area contributed by atoms with Crippen LogP contribution in [0.4, 0.5) is 5.69 Å². The van der Waals surface area contributed by atoms with Crippen molar-refractivity contribution in [2.45, 2.75) is 0 Å². The maximum atomic E-state index is 11.9. The molecule has 3 aromatic rings. The predicted molar refractivity (Wildman–Crippen MR) is 75.8 cm³/mol. The summed E-state index contributed by atoms with van der Waals surface area (Å²) in [7, 11) is 0. The Labute approximate surface area is 115 Å². The van der Waals surface area contributed by atoms with E-state index in [1.165, 1.54) is 0 Å². The molecule has 0 unspecified atom stereocenters. The Morgan fingerprint density at radius 1 is 1.00 bits per heavy atom. The van der Waals surface area contributed by atoms with Gasteiger partial charge in [0, 0.05) is 24.3 Å². The minimum absolute atomic E-state index is 0.225. The third kappa shape index (κ3) is 2.56. The molecule has 0 atom stereocenters. The van der Waals surface area contributed by atoms with Crippen LogP contribution in [0.5, 0.6) is 0 Å². The molecular weight excluding hydrogens is 252 g/mol. The fourth-order valence-corrected chi connectivity index (χ4v) is 1.81. The van der Waals surface area contributed by atoms with E-state index in [9.17, 15) is 4.79 Å². The van der Waals surface area contributed by atoms with Crippen molar-refractivity contribution < 1.29 is 4.79 Å². The van der Waals surface area contributed by atoms with Crippen LogP contribution in [0.3, 0.4) is 0 Å². The van der Waals surface area contributed by atoms with E-state index in [0.717, 1.165) is 11.4 Å². The number of hydrogen-bond donors (Lipinski definition) is 1. The molecule has 0 aliphatic heterocycles. The van der Waals surface area contributed by atoms with Crippen molar-refractivity contribution in [1.82, 2.24) is 14.8 Å². The maximum Gasteiger partial charge on any atom is 0.274 e. The van der Waals surface area contributed by atoms with Crippen LogP contribution in [-0.4, -0.2) is 20.7 Å². The number of carbonyl (C=O) groups excluding carboxylic acids is 1. The molecule has 1 aromatic carbocycles. The topological polar surface area (TPSA) is 59.8 Å². The SMILES string of the molecule is O=C(Nc1ccc(-n2cccn2)cc1)c1ccccn1. The lowest BCUT2D eigenvalue weighted by atomic mass is 10.2. The van der Waals surface area contributed by atoms with E-state index in [0.29, 0.717) is 5.69 Å². The monoisotopic (exact) mass is 264 g/mol. The van der Waals surface area contributed by atoms with Gasteiger partial charge in [-0.1, -0.05) is 6.07 Å². The summed E-state index contributed by atoms with van der Waals surface area (Å²) in [5.74, 6) is -0.225. The first-order valence-corrected chi connectivity index (χ1v) is 6.15. The molecule has 5 nitrogen and oxygen atoms in total. The summed E-state index contributed by atoms with van der Waals surface area (Å²) < 4.78 is 1.75. The van der Waals surface area contributed by atoms with E-state index in [1.54, 1.807) is 35.3 Å². The van der Waals surface area contributed by atoms with E-state index in [2.05, 4.69) is 15.4 Å². The highest BCUT2D eigenvalue weighted by molar-refractivity contribution is 6.02.